The lowest BCUT2D eigenvalue weighted by molar-refractivity contribution is 0.0939. The standard InChI is InChI=1S/C27H37N5O3.C2H6/c1-19-5-6-24(32-9-7-31(8-10-32)11-12-33)16-26(19)27(34)30-20(2)21-13-22(15-25(14-21)35-4)23(17-28)18-29-3;1-2/h5-6,13-18,20,33H,7-12,28H2,1-4H3,(H,30,34);1-2H3/b23-17+,29-18?;. The van der Waals surface area contributed by atoms with Crippen molar-refractivity contribution in [2.75, 3.05) is 58.4 Å². The van der Waals surface area contributed by atoms with E-state index >= 15 is 0 Å². The van der Waals surface area contributed by atoms with Crippen LogP contribution in [0.3, 0.4) is 0 Å². The van der Waals surface area contributed by atoms with E-state index in [4.69, 9.17) is 10.5 Å². The molecule has 37 heavy (non-hydrogen) atoms. The number of nitrogens with zero attached hydrogens (tertiary/aromatic N) is 3. The monoisotopic (exact) mass is 509 g/mol. The molecule has 2 aromatic carbocycles. The lowest BCUT2D eigenvalue weighted by atomic mass is 9.99. The number of hydrogen-bond acceptors (Lipinski definition) is 7. The fourth-order valence-electron chi connectivity index (χ4n) is 4.29. The second-order valence-corrected chi connectivity index (χ2v) is 8.75. The van der Waals surface area contributed by atoms with Gasteiger partial charge in [-0.1, -0.05) is 19.9 Å². The van der Waals surface area contributed by atoms with E-state index in [-0.39, 0.29) is 18.6 Å². The molecule has 0 aromatic heterocycles. The zero-order chi connectivity index (χ0) is 27.4. The summed E-state index contributed by atoms with van der Waals surface area (Å²) < 4.78 is 5.48. The lowest BCUT2D eigenvalue weighted by Gasteiger charge is -2.36. The van der Waals surface area contributed by atoms with Gasteiger partial charge in [0, 0.05) is 69.0 Å². The molecule has 0 saturated carbocycles. The Morgan fingerprint density at radius 3 is 2.49 bits per heavy atom. The second kappa shape index (κ2) is 15.0. The summed E-state index contributed by atoms with van der Waals surface area (Å²) in [6.45, 7) is 12.3. The van der Waals surface area contributed by atoms with Crippen LogP contribution in [0.5, 0.6) is 5.75 Å². The predicted octanol–water partition coefficient (Wildman–Crippen LogP) is 3.64. The number of carbonyl (C=O) groups is 1. The fourth-order valence-corrected chi connectivity index (χ4v) is 4.29. The molecule has 8 nitrogen and oxygen atoms in total. The maximum atomic E-state index is 13.3. The van der Waals surface area contributed by atoms with Gasteiger partial charge in [-0.3, -0.25) is 14.7 Å². The summed E-state index contributed by atoms with van der Waals surface area (Å²) >= 11 is 0. The van der Waals surface area contributed by atoms with Crippen molar-refractivity contribution in [3.63, 3.8) is 0 Å². The molecule has 1 unspecified atom stereocenters. The summed E-state index contributed by atoms with van der Waals surface area (Å²) in [7, 11) is 3.31. The van der Waals surface area contributed by atoms with Crippen LogP contribution in [0.15, 0.2) is 47.6 Å². The number of aliphatic hydroxyl groups is 1. The van der Waals surface area contributed by atoms with E-state index in [1.54, 1.807) is 20.4 Å². The van der Waals surface area contributed by atoms with Gasteiger partial charge in [-0.25, -0.2) is 0 Å². The van der Waals surface area contributed by atoms with E-state index in [1.165, 1.54) is 6.20 Å². The van der Waals surface area contributed by atoms with Gasteiger partial charge in [0.25, 0.3) is 5.91 Å². The Bertz CT molecular complexity index is 1080. The number of allylic oxidation sites excluding steroid dienone is 1. The van der Waals surface area contributed by atoms with Crippen LogP contribution in [0.2, 0.25) is 0 Å². The van der Waals surface area contributed by atoms with Crippen LogP contribution >= 0.6 is 0 Å². The van der Waals surface area contributed by atoms with Crippen molar-refractivity contribution in [1.82, 2.24) is 10.2 Å². The summed E-state index contributed by atoms with van der Waals surface area (Å²) in [4.78, 5) is 21.9. The van der Waals surface area contributed by atoms with Gasteiger partial charge in [0.15, 0.2) is 0 Å². The van der Waals surface area contributed by atoms with Gasteiger partial charge >= 0.3 is 0 Å². The minimum absolute atomic E-state index is 0.121. The molecule has 2 aromatic rings. The minimum atomic E-state index is -0.251. The first-order valence-corrected chi connectivity index (χ1v) is 12.9. The van der Waals surface area contributed by atoms with Gasteiger partial charge in [0.05, 0.1) is 19.8 Å². The molecule has 1 saturated heterocycles. The average Bonchev–Trinajstić information content (AvgIpc) is 2.93. The fraction of sp³-hybridized carbons (Fsp3) is 0.448. The van der Waals surface area contributed by atoms with Crippen LogP contribution in [-0.4, -0.2) is 75.6 Å². The molecule has 1 aliphatic rings. The Labute approximate surface area is 221 Å². The lowest BCUT2D eigenvalue weighted by Crippen LogP contribution is -2.47. The van der Waals surface area contributed by atoms with Crippen LogP contribution in [0.1, 0.15) is 53.9 Å². The highest BCUT2D eigenvalue weighted by Crippen LogP contribution is 2.27. The van der Waals surface area contributed by atoms with Crippen molar-refractivity contribution in [2.24, 2.45) is 10.7 Å². The average molecular weight is 510 g/mol. The van der Waals surface area contributed by atoms with E-state index in [0.29, 0.717) is 17.9 Å². The van der Waals surface area contributed by atoms with E-state index in [0.717, 1.165) is 54.1 Å². The third-order valence-electron chi connectivity index (χ3n) is 6.41. The number of aliphatic hydroxyl groups excluding tert-OH is 1. The van der Waals surface area contributed by atoms with Crippen molar-refractivity contribution >= 4 is 23.4 Å². The molecular weight excluding hydrogens is 466 g/mol. The maximum Gasteiger partial charge on any atom is 0.252 e. The molecule has 1 heterocycles. The van der Waals surface area contributed by atoms with Crippen LogP contribution in [-0.2, 0) is 0 Å². The van der Waals surface area contributed by atoms with Crippen LogP contribution in [0.25, 0.3) is 5.57 Å². The molecular formula is C29H43N5O3. The van der Waals surface area contributed by atoms with E-state index < -0.39 is 0 Å². The number of piperazine rings is 1. The number of methoxy groups -OCH3 is 1. The van der Waals surface area contributed by atoms with Crippen LogP contribution in [0, 0.1) is 6.92 Å². The van der Waals surface area contributed by atoms with Gasteiger partial charge in [0.2, 0.25) is 0 Å². The largest absolute Gasteiger partial charge is 0.497 e. The Balaban J connectivity index is 0.00000235. The number of nitrogens with one attached hydrogen (secondary N) is 1. The predicted molar refractivity (Wildman–Crippen MR) is 154 cm³/mol. The molecule has 8 heteroatoms. The summed E-state index contributed by atoms with van der Waals surface area (Å²) in [5.74, 6) is 0.561. The third kappa shape index (κ3) is 8.06. The Hall–Kier alpha value is -3.36. The van der Waals surface area contributed by atoms with E-state index in [2.05, 4.69) is 26.2 Å². The number of hydrogen-bond donors (Lipinski definition) is 3. The summed E-state index contributed by atoms with van der Waals surface area (Å²) in [6, 6.07) is 11.6. The highest BCUT2D eigenvalue weighted by atomic mass is 16.5. The van der Waals surface area contributed by atoms with Gasteiger partial charge in [-0.05, 0) is 60.9 Å². The first-order chi connectivity index (χ1) is 17.9. The zero-order valence-corrected chi connectivity index (χ0v) is 23.1. The number of nitrogens with two attached hydrogens (primary N) is 1. The van der Waals surface area contributed by atoms with Gasteiger partial charge in [-0.15, -0.1) is 0 Å². The maximum absolute atomic E-state index is 13.3. The number of ether oxygens (including phenoxy) is 1. The number of anilines is 1. The number of carbonyl (C=O) groups excluding carboxylic acids is 1. The number of amides is 1. The SMILES string of the molecule is CC.CN=C/C(=C\N)c1cc(OC)cc(C(C)NC(=O)c2cc(N3CCN(CCO)CC3)ccc2C)c1. The zero-order valence-electron chi connectivity index (χ0n) is 23.1. The highest BCUT2D eigenvalue weighted by molar-refractivity contribution is 6.09. The van der Waals surface area contributed by atoms with Crippen molar-refractivity contribution in [3.05, 3.63) is 64.9 Å². The first kappa shape index (κ1) is 29.9. The third-order valence-corrected chi connectivity index (χ3v) is 6.41. The molecule has 0 bridgehead atoms. The van der Waals surface area contributed by atoms with Gasteiger partial charge < -0.3 is 25.8 Å². The van der Waals surface area contributed by atoms with Crippen LogP contribution < -0.4 is 20.7 Å². The van der Waals surface area contributed by atoms with E-state index in [1.807, 2.05) is 58.0 Å². The van der Waals surface area contributed by atoms with Crippen LogP contribution in [0.4, 0.5) is 5.69 Å². The van der Waals surface area contributed by atoms with Crippen molar-refractivity contribution in [3.8, 4) is 5.75 Å². The molecule has 0 radical (unpaired) electrons. The smallest absolute Gasteiger partial charge is 0.252 e. The summed E-state index contributed by atoms with van der Waals surface area (Å²) in [6.07, 6.45) is 3.20. The quantitative estimate of drug-likeness (QED) is 0.446. The molecule has 4 N–H and O–H groups in total. The molecule has 1 fully saturated rings. The minimum Gasteiger partial charge on any atom is -0.497 e. The summed E-state index contributed by atoms with van der Waals surface area (Å²) in [5.41, 5.74) is 11.0. The van der Waals surface area contributed by atoms with Gasteiger partial charge in [-0.2, -0.15) is 0 Å². The Morgan fingerprint density at radius 1 is 1.19 bits per heavy atom. The molecule has 1 atom stereocenters. The number of aryl methyl sites for hydroxylation is 1. The molecule has 1 amide bonds. The van der Waals surface area contributed by atoms with Crippen molar-refractivity contribution in [1.29, 1.82) is 0 Å². The molecule has 0 spiro atoms. The normalized spacial score (nSPS) is 15.2. The van der Waals surface area contributed by atoms with Gasteiger partial charge in [0.1, 0.15) is 5.75 Å². The molecule has 3 rings (SSSR count). The summed E-state index contributed by atoms with van der Waals surface area (Å²) in [5, 5.41) is 12.3. The van der Waals surface area contributed by atoms with Crippen molar-refractivity contribution in [2.45, 2.75) is 33.7 Å². The topological polar surface area (TPSA) is 103 Å². The number of rotatable bonds is 9. The Morgan fingerprint density at radius 2 is 1.89 bits per heavy atom. The second-order valence-electron chi connectivity index (χ2n) is 8.75. The van der Waals surface area contributed by atoms with E-state index in [9.17, 15) is 9.90 Å². The number of benzene rings is 2. The number of β-amino-alcohol motifs (C(OH)–C–C–N with tert-alkyl or cyclic N) is 1. The molecule has 202 valence electrons. The Kier molecular flexibility index (Phi) is 12.1. The van der Waals surface area contributed by atoms with Crippen molar-refractivity contribution < 1.29 is 14.6 Å². The molecule has 1 aliphatic heterocycles. The number of aliphatic imine (C=N–C) groups is 1. The first-order valence-electron chi connectivity index (χ1n) is 12.9. The molecule has 0 aliphatic carbocycles. The highest BCUT2D eigenvalue weighted by Gasteiger charge is 2.20.